The van der Waals surface area contributed by atoms with Crippen LogP contribution < -0.4 is 11.3 Å². The standard InChI is InChI=1S/C16H26N2O/c1-4-5-10-18-14-9-7-6-8-12(14)11-13(15(18)19)16(2,3)17/h11H,4-10,17H2,1-3H3. The second kappa shape index (κ2) is 5.49. The Morgan fingerprint density at radius 3 is 2.63 bits per heavy atom. The molecule has 0 fully saturated rings. The minimum absolute atomic E-state index is 0.126. The summed E-state index contributed by atoms with van der Waals surface area (Å²) in [4.78, 5) is 12.7. The zero-order valence-electron chi connectivity index (χ0n) is 12.5. The Bertz CT molecular complexity index is 509. The first-order valence-corrected chi connectivity index (χ1v) is 7.50. The average molecular weight is 262 g/mol. The van der Waals surface area contributed by atoms with Crippen LogP contribution in [0.3, 0.4) is 0 Å². The molecule has 106 valence electrons. The molecule has 1 aromatic rings. The maximum atomic E-state index is 12.7. The van der Waals surface area contributed by atoms with Crippen LogP contribution in [0.15, 0.2) is 10.9 Å². The highest BCUT2D eigenvalue weighted by molar-refractivity contribution is 5.32. The average Bonchev–Trinajstić information content (AvgIpc) is 2.36. The van der Waals surface area contributed by atoms with Crippen LogP contribution in [0.2, 0.25) is 0 Å². The molecular weight excluding hydrogens is 236 g/mol. The van der Waals surface area contributed by atoms with E-state index in [1.807, 2.05) is 18.4 Å². The fraction of sp³-hybridized carbons (Fsp3) is 0.688. The number of hydrogen-bond donors (Lipinski definition) is 1. The van der Waals surface area contributed by atoms with Gasteiger partial charge in [-0.05, 0) is 57.6 Å². The summed E-state index contributed by atoms with van der Waals surface area (Å²) in [5.41, 5.74) is 9.12. The molecule has 2 N–H and O–H groups in total. The first-order valence-electron chi connectivity index (χ1n) is 7.50. The van der Waals surface area contributed by atoms with E-state index in [4.69, 9.17) is 5.73 Å². The molecule has 0 aromatic carbocycles. The fourth-order valence-corrected chi connectivity index (χ4v) is 2.89. The lowest BCUT2D eigenvalue weighted by Gasteiger charge is -2.26. The number of nitrogens with two attached hydrogens (primary N) is 1. The Labute approximate surface area is 115 Å². The summed E-state index contributed by atoms with van der Waals surface area (Å²) in [7, 11) is 0. The second-order valence-corrected chi connectivity index (χ2v) is 6.27. The van der Waals surface area contributed by atoms with Crippen LogP contribution in [0, 0.1) is 0 Å². The van der Waals surface area contributed by atoms with Crippen LogP contribution in [-0.4, -0.2) is 4.57 Å². The van der Waals surface area contributed by atoms with Crippen molar-refractivity contribution in [1.29, 1.82) is 0 Å². The largest absolute Gasteiger partial charge is 0.322 e. The van der Waals surface area contributed by atoms with Gasteiger partial charge in [-0.15, -0.1) is 0 Å². The van der Waals surface area contributed by atoms with Gasteiger partial charge in [-0.25, -0.2) is 0 Å². The zero-order valence-corrected chi connectivity index (χ0v) is 12.5. The maximum absolute atomic E-state index is 12.7. The Balaban J connectivity index is 2.57. The van der Waals surface area contributed by atoms with Gasteiger partial charge in [0, 0.05) is 23.3 Å². The van der Waals surface area contributed by atoms with E-state index in [1.165, 1.54) is 24.1 Å². The number of rotatable bonds is 4. The van der Waals surface area contributed by atoms with E-state index in [0.717, 1.165) is 37.8 Å². The molecule has 1 aliphatic carbocycles. The van der Waals surface area contributed by atoms with Crippen molar-refractivity contribution in [1.82, 2.24) is 4.57 Å². The molecule has 0 radical (unpaired) electrons. The molecule has 0 atom stereocenters. The highest BCUT2D eigenvalue weighted by atomic mass is 16.1. The van der Waals surface area contributed by atoms with E-state index in [9.17, 15) is 4.79 Å². The van der Waals surface area contributed by atoms with Gasteiger partial charge in [0.25, 0.3) is 5.56 Å². The molecule has 2 rings (SSSR count). The topological polar surface area (TPSA) is 48.0 Å². The number of hydrogen-bond acceptors (Lipinski definition) is 2. The smallest absolute Gasteiger partial charge is 0.255 e. The minimum Gasteiger partial charge on any atom is -0.322 e. The summed E-state index contributed by atoms with van der Waals surface area (Å²) < 4.78 is 2.00. The third-order valence-electron chi connectivity index (χ3n) is 4.03. The van der Waals surface area contributed by atoms with E-state index in [-0.39, 0.29) is 5.56 Å². The van der Waals surface area contributed by atoms with Crippen LogP contribution >= 0.6 is 0 Å². The molecule has 3 heteroatoms. The predicted molar refractivity (Wildman–Crippen MR) is 79.5 cm³/mol. The summed E-state index contributed by atoms with van der Waals surface area (Å²) in [5.74, 6) is 0. The fourth-order valence-electron chi connectivity index (χ4n) is 2.89. The van der Waals surface area contributed by atoms with Gasteiger partial charge in [-0.1, -0.05) is 13.3 Å². The van der Waals surface area contributed by atoms with Gasteiger partial charge in [-0.2, -0.15) is 0 Å². The van der Waals surface area contributed by atoms with Gasteiger partial charge in [0.05, 0.1) is 0 Å². The van der Waals surface area contributed by atoms with E-state index >= 15 is 0 Å². The number of unbranched alkanes of at least 4 members (excludes halogenated alkanes) is 1. The van der Waals surface area contributed by atoms with Crippen LogP contribution in [0.25, 0.3) is 0 Å². The van der Waals surface area contributed by atoms with Crippen molar-refractivity contribution in [2.75, 3.05) is 0 Å². The second-order valence-electron chi connectivity index (χ2n) is 6.27. The lowest BCUT2D eigenvalue weighted by molar-refractivity contribution is 0.502. The predicted octanol–water partition coefficient (Wildman–Crippen LogP) is 2.72. The molecular formula is C16H26N2O. The van der Waals surface area contributed by atoms with E-state index in [2.05, 4.69) is 13.0 Å². The van der Waals surface area contributed by atoms with Crippen LogP contribution in [0.5, 0.6) is 0 Å². The van der Waals surface area contributed by atoms with Gasteiger partial charge < -0.3 is 10.3 Å². The molecule has 0 spiro atoms. The monoisotopic (exact) mass is 262 g/mol. The Kier molecular flexibility index (Phi) is 4.14. The molecule has 0 saturated heterocycles. The van der Waals surface area contributed by atoms with Gasteiger partial charge >= 0.3 is 0 Å². The number of pyridine rings is 1. The molecule has 1 aliphatic rings. The lowest BCUT2D eigenvalue weighted by atomic mass is 9.89. The van der Waals surface area contributed by atoms with Gasteiger partial charge in [0.1, 0.15) is 0 Å². The lowest BCUT2D eigenvalue weighted by Crippen LogP contribution is -2.40. The number of fused-ring (bicyclic) bond motifs is 1. The molecule has 1 aromatic heterocycles. The van der Waals surface area contributed by atoms with Crippen LogP contribution in [-0.2, 0) is 24.9 Å². The molecule has 3 nitrogen and oxygen atoms in total. The summed E-state index contributed by atoms with van der Waals surface area (Å²) in [6.45, 7) is 6.84. The van der Waals surface area contributed by atoms with Gasteiger partial charge in [0.2, 0.25) is 0 Å². The van der Waals surface area contributed by atoms with Crippen LogP contribution in [0.1, 0.15) is 63.3 Å². The Hall–Kier alpha value is -1.09. The van der Waals surface area contributed by atoms with E-state index in [0.29, 0.717) is 0 Å². The zero-order chi connectivity index (χ0) is 14.0. The molecule has 0 amide bonds. The summed E-state index contributed by atoms with van der Waals surface area (Å²) in [6.07, 6.45) is 6.72. The van der Waals surface area contributed by atoms with Crippen molar-refractivity contribution in [3.63, 3.8) is 0 Å². The summed E-state index contributed by atoms with van der Waals surface area (Å²) in [6, 6.07) is 2.07. The molecule has 0 aliphatic heterocycles. The van der Waals surface area contributed by atoms with Crippen molar-refractivity contribution < 1.29 is 0 Å². The quantitative estimate of drug-likeness (QED) is 0.907. The van der Waals surface area contributed by atoms with Crippen molar-refractivity contribution in [2.24, 2.45) is 5.73 Å². The normalized spacial score (nSPS) is 15.4. The minimum atomic E-state index is -0.558. The third-order valence-corrected chi connectivity index (χ3v) is 4.03. The summed E-state index contributed by atoms with van der Waals surface area (Å²) in [5, 5.41) is 0. The van der Waals surface area contributed by atoms with Crippen molar-refractivity contribution >= 4 is 0 Å². The Morgan fingerprint density at radius 1 is 1.32 bits per heavy atom. The van der Waals surface area contributed by atoms with Gasteiger partial charge in [-0.3, -0.25) is 4.79 Å². The first kappa shape index (κ1) is 14.3. The molecule has 1 heterocycles. The highest BCUT2D eigenvalue weighted by Gasteiger charge is 2.24. The van der Waals surface area contributed by atoms with Crippen molar-refractivity contribution in [3.05, 3.63) is 33.2 Å². The SMILES string of the molecule is CCCCn1c2c(cc(C(C)(C)N)c1=O)CCCC2. The summed E-state index contributed by atoms with van der Waals surface area (Å²) >= 11 is 0. The maximum Gasteiger partial charge on any atom is 0.255 e. The Morgan fingerprint density at radius 2 is 2.00 bits per heavy atom. The number of nitrogens with zero attached hydrogens (tertiary/aromatic N) is 1. The first-order chi connectivity index (χ1) is 8.95. The molecule has 19 heavy (non-hydrogen) atoms. The van der Waals surface area contributed by atoms with Gasteiger partial charge in [0.15, 0.2) is 0 Å². The molecule has 0 saturated carbocycles. The van der Waals surface area contributed by atoms with Crippen molar-refractivity contribution in [2.45, 2.75) is 71.4 Å². The van der Waals surface area contributed by atoms with E-state index in [1.54, 1.807) is 0 Å². The third kappa shape index (κ3) is 2.92. The van der Waals surface area contributed by atoms with Crippen molar-refractivity contribution in [3.8, 4) is 0 Å². The van der Waals surface area contributed by atoms with E-state index < -0.39 is 5.54 Å². The molecule has 0 bridgehead atoms. The number of aryl methyl sites for hydroxylation is 1. The highest BCUT2D eigenvalue weighted by Crippen LogP contribution is 2.24. The molecule has 0 unspecified atom stereocenters. The number of aromatic nitrogens is 1. The van der Waals surface area contributed by atoms with Crippen LogP contribution in [0.4, 0.5) is 0 Å².